The Labute approximate surface area is 172 Å². The quantitative estimate of drug-likeness (QED) is 0.518. The van der Waals surface area contributed by atoms with E-state index in [1.165, 1.54) is 11.1 Å². The number of nitrogens with one attached hydrogen (secondary N) is 1. The van der Waals surface area contributed by atoms with Gasteiger partial charge in [-0.25, -0.2) is 9.98 Å². The molecule has 0 saturated carbocycles. The molecule has 1 aliphatic rings. The van der Waals surface area contributed by atoms with Gasteiger partial charge in [0.2, 0.25) is 0 Å². The summed E-state index contributed by atoms with van der Waals surface area (Å²) in [6.45, 7) is 6.32. The first kappa shape index (κ1) is 19.2. The molecule has 3 aromatic rings. The molecule has 0 radical (unpaired) electrons. The smallest absolute Gasteiger partial charge is 0.194 e. The Morgan fingerprint density at radius 1 is 1.28 bits per heavy atom. The van der Waals surface area contributed by atoms with Crippen LogP contribution < -0.4 is 5.32 Å². The molecule has 0 spiro atoms. The summed E-state index contributed by atoms with van der Waals surface area (Å²) < 4.78 is 4.05. The van der Waals surface area contributed by atoms with Gasteiger partial charge >= 0.3 is 0 Å². The van der Waals surface area contributed by atoms with Gasteiger partial charge in [-0.1, -0.05) is 30.3 Å². The van der Waals surface area contributed by atoms with E-state index in [4.69, 9.17) is 4.99 Å². The number of hydrogen-bond donors (Lipinski definition) is 1. The fraction of sp³-hybridized carbons (Fsp3) is 0.409. The highest BCUT2D eigenvalue weighted by Crippen LogP contribution is 2.26. The number of aryl methyl sites for hydroxylation is 1. The summed E-state index contributed by atoms with van der Waals surface area (Å²) >= 11 is 0. The van der Waals surface area contributed by atoms with Crippen LogP contribution in [0.15, 0.2) is 60.1 Å². The fourth-order valence-corrected chi connectivity index (χ4v) is 3.86. The van der Waals surface area contributed by atoms with Crippen LogP contribution in [-0.4, -0.2) is 49.8 Å². The molecule has 1 aromatic carbocycles. The van der Waals surface area contributed by atoms with Crippen molar-refractivity contribution < 1.29 is 0 Å². The molecule has 0 aliphatic carbocycles. The third kappa shape index (κ3) is 4.67. The van der Waals surface area contributed by atoms with Crippen molar-refractivity contribution in [2.24, 2.45) is 12.0 Å². The van der Waals surface area contributed by atoms with Crippen LogP contribution in [0.1, 0.15) is 36.2 Å². The lowest BCUT2D eigenvalue weighted by molar-refractivity contribution is 0.485. The molecular formula is C22H29N7. The first-order chi connectivity index (χ1) is 14.2. The number of rotatable bonds is 6. The topological polar surface area (TPSA) is 63.3 Å². The second-order valence-corrected chi connectivity index (χ2v) is 7.51. The molecule has 2 aromatic heterocycles. The average Bonchev–Trinajstić information content (AvgIpc) is 3.47. The number of benzene rings is 1. The van der Waals surface area contributed by atoms with Gasteiger partial charge in [0.1, 0.15) is 12.4 Å². The Kier molecular flexibility index (Phi) is 5.93. The van der Waals surface area contributed by atoms with Gasteiger partial charge in [-0.3, -0.25) is 4.68 Å². The molecule has 1 aliphatic heterocycles. The van der Waals surface area contributed by atoms with Crippen LogP contribution in [0.2, 0.25) is 0 Å². The second-order valence-electron chi connectivity index (χ2n) is 7.51. The van der Waals surface area contributed by atoms with Gasteiger partial charge in [0.25, 0.3) is 0 Å². The van der Waals surface area contributed by atoms with Crippen LogP contribution >= 0.6 is 0 Å². The van der Waals surface area contributed by atoms with Crippen LogP contribution in [0.25, 0.3) is 0 Å². The molecule has 1 N–H and O–H groups in total. The summed E-state index contributed by atoms with van der Waals surface area (Å²) in [6, 6.07) is 10.5. The molecule has 7 nitrogen and oxygen atoms in total. The van der Waals surface area contributed by atoms with Crippen molar-refractivity contribution in [3.05, 3.63) is 72.1 Å². The molecule has 1 atom stereocenters. The van der Waals surface area contributed by atoms with E-state index < -0.39 is 0 Å². The summed E-state index contributed by atoms with van der Waals surface area (Å²) in [5.74, 6) is 2.45. The number of imidazole rings is 1. The minimum atomic E-state index is 0.507. The highest BCUT2D eigenvalue weighted by molar-refractivity contribution is 5.80. The number of likely N-dealkylation sites (tertiary alicyclic amines) is 1. The van der Waals surface area contributed by atoms with Crippen molar-refractivity contribution in [1.29, 1.82) is 0 Å². The van der Waals surface area contributed by atoms with E-state index in [-0.39, 0.29) is 0 Å². The summed E-state index contributed by atoms with van der Waals surface area (Å²) in [5.41, 5.74) is 2.57. The van der Waals surface area contributed by atoms with Gasteiger partial charge in [-0.2, -0.15) is 5.10 Å². The molecular weight excluding hydrogens is 362 g/mol. The lowest BCUT2D eigenvalue weighted by Crippen LogP contribution is -2.40. The second kappa shape index (κ2) is 8.94. The number of aromatic nitrogens is 4. The van der Waals surface area contributed by atoms with E-state index in [2.05, 4.69) is 62.3 Å². The minimum Gasteiger partial charge on any atom is -0.357 e. The molecule has 0 amide bonds. The normalized spacial score (nSPS) is 17.1. The largest absolute Gasteiger partial charge is 0.357 e. The van der Waals surface area contributed by atoms with Gasteiger partial charge in [0.15, 0.2) is 5.96 Å². The maximum absolute atomic E-state index is 4.90. The van der Waals surface area contributed by atoms with Crippen LogP contribution in [0.4, 0.5) is 0 Å². The fourth-order valence-electron chi connectivity index (χ4n) is 3.86. The number of aliphatic imine (C=N–C) groups is 1. The van der Waals surface area contributed by atoms with Crippen molar-refractivity contribution >= 4 is 5.96 Å². The minimum absolute atomic E-state index is 0.507. The Bertz CT molecular complexity index is 941. The first-order valence-electron chi connectivity index (χ1n) is 10.3. The predicted octanol–water partition coefficient (Wildman–Crippen LogP) is 2.62. The van der Waals surface area contributed by atoms with Gasteiger partial charge < -0.3 is 14.8 Å². The van der Waals surface area contributed by atoms with Crippen molar-refractivity contribution in [2.45, 2.75) is 32.4 Å². The third-order valence-electron chi connectivity index (χ3n) is 5.39. The molecule has 152 valence electrons. The first-order valence-corrected chi connectivity index (χ1v) is 10.3. The van der Waals surface area contributed by atoms with Crippen molar-refractivity contribution in [1.82, 2.24) is 29.5 Å². The summed E-state index contributed by atoms with van der Waals surface area (Å²) in [5, 5.41) is 7.77. The number of nitrogens with zero attached hydrogens (tertiary/aromatic N) is 6. The van der Waals surface area contributed by atoms with Crippen LogP contribution in [0, 0.1) is 0 Å². The summed E-state index contributed by atoms with van der Waals surface area (Å²) in [7, 11) is 1.97. The van der Waals surface area contributed by atoms with E-state index in [1.807, 2.05) is 36.4 Å². The summed E-state index contributed by atoms with van der Waals surface area (Å²) in [6.07, 6.45) is 9.12. The molecule has 0 bridgehead atoms. The highest BCUT2D eigenvalue weighted by Gasteiger charge is 2.27. The average molecular weight is 392 g/mol. The van der Waals surface area contributed by atoms with E-state index in [1.54, 1.807) is 0 Å². The maximum Gasteiger partial charge on any atom is 0.194 e. The van der Waals surface area contributed by atoms with E-state index >= 15 is 0 Å². The maximum atomic E-state index is 4.90. The third-order valence-corrected chi connectivity index (χ3v) is 5.39. The van der Waals surface area contributed by atoms with E-state index in [0.29, 0.717) is 12.5 Å². The Hall–Kier alpha value is -3.09. The van der Waals surface area contributed by atoms with Crippen LogP contribution in [0.5, 0.6) is 0 Å². The molecule has 1 saturated heterocycles. The molecule has 1 fully saturated rings. The van der Waals surface area contributed by atoms with Crippen LogP contribution in [-0.2, 0) is 20.1 Å². The highest BCUT2D eigenvalue weighted by atomic mass is 15.3. The zero-order valence-corrected chi connectivity index (χ0v) is 17.2. The molecule has 7 heteroatoms. The van der Waals surface area contributed by atoms with Gasteiger partial charge in [0, 0.05) is 57.7 Å². The van der Waals surface area contributed by atoms with Crippen molar-refractivity contribution in [2.75, 3.05) is 19.6 Å². The lowest BCUT2D eigenvalue weighted by atomic mass is 10.0. The Morgan fingerprint density at radius 3 is 2.90 bits per heavy atom. The lowest BCUT2D eigenvalue weighted by Gasteiger charge is -2.21. The zero-order chi connectivity index (χ0) is 20.1. The Balaban J connectivity index is 1.44. The molecule has 3 heterocycles. The molecule has 4 rings (SSSR count). The SMILES string of the molecule is CCNC(=NCc1nccn1Cc1ccccc1)N1CCC(c2cnn(C)c2)C1. The van der Waals surface area contributed by atoms with Gasteiger partial charge in [-0.05, 0) is 24.5 Å². The Morgan fingerprint density at radius 2 is 2.14 bits per heavy atom. The number of hydrogen-bond acceptors (Lipinski definition) is 3. The monoisotopic (exact) mass is 391 g/mol. The van der Waals surface area contributed by atoms with Crippen molar-refractivity contribution in [3.8, 4) is 0 Å². The van der Waals surface area contributed by atoms with Crippen LogP contribution in [0.3, 0.4) is 0 Å². The summed E-state index contributed by atoms with van der Waals surface area (Å²) in [4.78, 5) is 11.8. The molecule has 1 unspecified atom stereocenters. The van der Waals surface area contributed by atoms with E-state index in [0.717, 1.165) is 44.4 Å². The van der Waals surface area contributed by atoms with E-state index in [9.17, 15) is 0 Å². The standard InChI is InChI=1S/C22H29N7/c1-3-23-22(29-11-9-19(17-29)20-13-26-27(2)16-20)25-14-21-24-10-12-28(21)15-18-7-5-4-6-8-18/h4-8,10,12-13,16,19H,3,9,11,14-15,17H2,1-2H3,(H,23,25). The molecule has 29 heavy (non-hydrogen) atoms. The van der Waals surface area contributed by atoms with Gasteiger partial charge in [0.05, 0.1) is 6.20 Å². The zero-order valence-electron chi connectivity index (χ0n) is 17.2. The van der Waals surface area contributed by atoms with Gasteiger partial charge in [-0.15, -0.1) is 0 Å². The number of guanidine groups is 1. The predicted molar refractivity (Wildman–Crippen MR) is 115 cm³/mol. The van der Waals surface area contributed by atoms with Crippen molar-refractivity contribution in [3.63, 3.8) is 0 Å².